The molecule has 0 spiro atoms. The second-order valence-electron chi connectivity index (χ2n) is 2.81. The summed E-state index contributed by atoms with van der Waals surface area (Å²) in [5.41, 5.74) is 2.55. The number of hydrogen-bond donors (Lipinski definition) is 1. The van der Waals surface area contributed by atoms with Crippen LogP contribution in [0.3, 0.4) is 0 Å². The lowest BCUT2D eigenvalue weighted by atomic mass is 10.2. The van der Waals surface area contributed by atoms with Crippen LogP contribution in [0.4, 0.5) is 5.69 Å². The molecule has 3 nitrogen and oxygen atoms in total. The van der Waals surface area contributed by atoms with Crippen LogP contribution >= 0.6 is 11.6 Å². The Morgan fingerprint density at radius 3 is 3.17 bits per heavy atom. The quantitative estimate of drug-likeness (QED) is 0.619. The monoisotopic (exact) mass is 182 g/mol. The third-order valence-corrected chi connectivity index (χ3v) is 2.05. The van der Waals surface area contributed by atoms with Crippen molar-refractivity contribution in [3.05, 3.63) is 22.5 Å². The van der Waals surface area contributed by atoms with Crippen molar-refractivity contribution in [3.8, 4) is 0 Å². The smallest absolute Gasteiger partial charge is 0.230 e. The van der Waals surface area contributed by atoms with Crippen LogP contribution in [-0.4, -0.2) is 10.9 Å². The lowest BCUT2D eigenvalue weighted by Gasteiger charge is -2.01. The van der Waals surface area contributed by atoms with Gasteiger partial charge in [-0.25, -0.2) is 4.98 Å². The minimum atomic E-state index is -0.0112. The molecule has 2 heterocycles. The van der Waals surface area contributed by atoms with Crippen LogP contribution < -0.4 is 5.32 Å². The zero-order valence-electron chi connectivity index (χ0n) is 6.52. The first kappa shape index (κ1) is 7.55. The van der Waals surface area contributed by atoms with Gasteiger partial charge in [-0.3, -0.25) is 4.79 Å². The Kier molecular flexibility index (Phi) is 1.54. The van der Waals surface area contributed by atoms with Crippen LogP contribution in [0, 0.1) is 6.92 Å². The Hall–Kier alpha value is -1.09. The number of carbonyl (C=O) groups is 1. The molecule has 0 aromatic carbocycles. The summed E-state index contributed by atoms with van der Waals surface area (Å²) in [6.07, 6.45) is 0.344. The minimum absolute atomic E-state index is 0.0112. The van der Waals surface area contributed by atoms with Gasteiger partial charge in [0.05, 0.1) is 17.8 Å². The molecular weight excluding hydrogens is 176 g/mol. The van der Waals surface area contributed by atoms with Crippen LogP contribution in [0.1, 0.15) is 11.3 Å². The maximum Gasteiger partial charge on any atom is 0.230 e. The number of amides is 1. The number of rotatable bonds is 0. The molecule has 0 fully saturated rings. The lowest BCUT2D eigenvalue weighted by Crippen LogP contribution is -2.04. The zero-order chi connectivity index (χ0) is 8.72. The molecule has 62 valence electrons. The molecule has 1 aliphatic rings. The van der Waals surface area contributed by atoms with Crippen molar-refractivity contribution in [2.24, 2.45) is 0 Å². The molecule has 1 aromatic heterocycles. The van der Waals surface area contributed by atoms with Gasteiger partial charge in [0.25, 0.3) is 0 Å². The molecular formula is C8H7ClN2O. The van der Waals surface area contributed by atoms with Crippen molar-refractivity contribution >= 4 is 23.2 Å². The van der Waals surface area contributed by atoms with Crippen LogP contribution in [-0.2, 0) is 11.2 Å². The van der Waals surface area contributed by atoms with Crippen molar-refractivity contribution in [1.29, 1.82) is 0 Å². The van der Waals surface area contributed by atoms with Crippen molar-refractivity contribution in [2.45, 2.75) is 13.3 Å². The average molecular weight is 183 g/mol. The van der Waals surface area contributed by atoms with Gasteiger partial charge in [-0.05, 0) is 18.6 Å². The highest BCUT2D eigenvalue weighted by molar-refractivity contribution is 6.29. The van der Waals surface area contributed by atoms with Gasteiger partial charge < -0.3 is 5.32 Å². The summed E-state index contributed by atoms with van der Waals surface area (Å²) in [6, 6.07) is 1.74. The van der Waals surface area contributed by atoms with Gasteiger partial charge >= 0.3 is 0 Å². The fraction of sp³-hybridized carbons (Fsp3) is 0.250. The fourth-order valence-corrected chi connectivity index (χ4v) is 1.60. The van der Waals surface area contributed by atoms with E-state index in [4.69, 9.17) is 11.6 Å². The molecule has 1 aromatic rings. The van der Waals surface area contributed by atoms with E-state index in [1.807, 2.05) is 6.92 Å². The number of halogens is 1. The molecule has 1 amide bonds. The molecule has 0 saturated heterocycles. The lowest BCUT2D eigenvalue weighted by molar-refractivity contribution is -0.115. The number of anilines is 1. The van der Waals surface area contributed by atoms with E-state index in [0.717, 1.165) is 16.9 Å². The summed E-state index contributed by atoms with van der Waals surface area (Å²) >= 11 is 5.73. The Labute approximate surface area is 74.8 Å². The first-order valence-electron chi connectivity index (χ1n) is 3.62. The van der Waals surface area contributed by atoms with Gasteiger partial charge in [-0.2, -0.15) is 0 Å². The standard InChI is InChI=1S/C8H7ClN2O/c1-4-2-6(9)10-5-3-7(12)11-8(4)5/h2H,3H2,1H3,(H,11,12). The summed E-state index contributed by atoms with van der Waals surface area (Å²) in [5, 5.41) is 3.18. The van der Waals surface area contributed by atoms with E-state index in [-0.39, 0.29) is 5.91 Å². The van der Waals surface area contributed by atoms with Gasteiger partial charge in [-0.15, -0.1) is 0 Å². The van der Waals surface area contributed by atoms with Crippen molar-refractivity contribution in [1.82, 2.24) is 4.98 Å². The average Bonchev–Trinajstić information content (AvgIpc) is 2.29. The summed E-state index contributed by atoms with van der Waals surface area (Å²) in [4.78, 5) is 15.0. The van der Waals surface area contributed by atoms with E-state index in [0.29, 0.717) is 11.6 Å². The minimum Gasteiger partial charge on any atom is -0.324 e. The van der Waals surface area contributed by atoms with Crippen molar-refractivity contribution in [2.75, 3.05) is 5.32 Å². The molecule has 0 saturated carbocycles. The molecule has 12 heavy (non-hydrogen) atoms. The molecule has 2 rings (SSSR count). The maximum absolute atomic E-state index is 11.0. The number of aryl methyl sites for hydroxylation is 1. The van der Waals surface area contributed by atoms with Crippen molar-refractivity contribution in [3.63, 3.8) is 0 Å². The Morgan fingerprint density at radius 2 is 2.42 bits per heavy atom. The SMILES string of the molecule is Cc1cc(Cl)nc2c1NC(=O)C2. The van der Waals surface area contributed by atoms with E-state index >= 15 is 0 Å². The molecule has 0 bridgehead atoms. The maximum atomic E-state index is 11.0. The third kappa shape index (κ3) is 1.06. The highest BCUT2D eigenvalue weighted by Gasteiger charge is 2.20. The van der Waals surface area contributed by atoms with E-state index in [2.05, 4.69) is 10.3 Å². The Morgan fingerprint density at radius 1 is 1.67 bits per heavy atom. The number of aromatic nitrogens is 1. The second kappa shape index (κ2) is 2.45. The van der Waals surface area contributed by atoms with Crippen molar-refractivity contribution < 1.29 is 4.79 Å². The van der Waals surface area contributed by atoms with Crippen LogP contribution in [0.15, 0.2) is 6.07 Å². The molecule has 0 aliphatic carbocycles. The summed E-state index contributed by atoms with van der Waals surface area (Å²) in [5.74, 6) is -0.0112. The van der Waals surface area contributed by atoms with Gasteiger partial charge in [0.15, 0.2) is 0 Å². The van der Waals surface area contributed by atoms with Crippen LogP contribution in [0.5, 0.6) is 0 Å². The molecule has 0 radical (unpaired) electrons. The van der Waals surface area contributed by atoms with E-state index in [1.165, 1.54) is 0 Å². The normalized spacial score (nSPS) is 14.3. The second-order valence-corrected chi connectivity index (χ2v) is 3.20. The largest absolute Gasteiger partial charge is 0.324 e. The van der Waals surface area contributed by atoms with Crippen LogP contribution in [0.2, 0.25) is 5.15 Å². The van der Waals surface area contributed by atoms with E-state index in [1.54, 1.807) is 6.07 Å². The Bertz CT molecular complexity index is 362. The first-order chi connectivity index (χ1) is 5.66. The number of pyridine rings is 1. The van der Waals surface area contributed by atoms with Gasteiger partial charge in [0.1, 0.15) is 5.15 Å². The molecule has 1 aliphatic heterocycles. The number of hydrogen-bond acceptors (Lipinski definition) is 2. The number of nitrogens with one attached hydrogen (secondary N) is 1. The van der Waals surface area contributed by atoms with E-state index in [9.17, 15) is 4.79 Å². The molecule has 1 N–H and O–H groups in total. The zero-order valence-corrected chi connectivity index (χ0v) is 7.27. The Balaban J connectivity index is 2.59. The number of nitrogens with zero attached hydrogens (tertiary/aromatic N) is 1. The summed E-state index contributed by atoms with van der Waals surface area (Å²) in [7, 11) is 0. The highest BCUT2D eigenvalue weighted by Crippen LogP contribution is 2.26. The fourth-order valence-electron chi connectivity index (χ4n) is 1.33. The molecule has 0 atom stereocenters. The molecule has 0 unspecified atom stereocenters. The third-order valence-electron chi connectivity index (χ3n) is 1.85. The summed E-state index contributed by atoms with van der Waals surface area (Å²) in [6.45, 7) is 1.90. The topological polar surface area (TPSA) is 42.0 Å². The molecule has 4 heteroatoms. The number of fused-ring (bicyclic) bond motifs is 1. The van der Waals surface area contributed by atoms with Gasteiger partial charge in [-0.1, -0.05) is 11.6 Å². The van der Waals surface area contributed by atoms with Crippen LogP contribution in [0.25, 0.3) is 0 Å². The van der Waals surface area contributed by atoms with E-state index < -0.39 is 0 Å². The predicted octanol–water partition coefficient (Wildman–Crippen LogP) is 1.54. The predicted molar refractivity (Wildman–Crippen MR) is 46.3 cm³/mol. The van der Waals surface area contributed by atoms with Gasteiger partial charge in [0, 0.05) is 0 Å². The summed E-state index contributed by atoms with van der Waals surface area (Å²) < 4.78 is 0. The number of carbonyl (C=O) groups excluding carboxylic acids is 1. The van der Waals surface area contributed by atoms with Gasteiger partial charge in [0.2, 0.25) is 5.91 Å². The first-order valence-corrected chi connectivity index (χ1v) is 4.00. The highest BCUT2D eigenvalue weighted by atomic mass is 35.5.